The second kappa shape index (κ2) is 5.76. The Morgan fingerprint density at radius 1 is 1.30 bits per heavy atom. The minimum Gasteiger partial charge on any atom is -0.495 e. The smallest absolute Gasteiger partial charge is 0.220 e. The molecule has 1 aromatic rings. The number of aliphatic imine (C=N–C) groups is 2. The van der Waals surface area contributed by atoms with E-state index in [1.165, 1.54) is 0 Å². The van der Waals surface area contributed by atoms with Gasteiger partial charge in [0, 0.05) is 5.69 Å². The second-order valence-electron chi connectivity index (χ2n) is 4.59. The van der Waals surface area contributed by atoms with Crippen molar-refractivity contribution in [1.82, 2.24) is 0 Å². The average Bonchev–Trinajstić information content (AvgIpc) is 2.26. The molecule has 1 aromatic carbocycles. The number of nitrogens with zero attached hydrogens (tertiary/aromatic N) is 3. The molecule has 0 amide bonds. The lowest BCUT2D eigenvalue weighted by molar-refractivity contribution is 0.415. The molecule has 0 saturated carbocycles. The summed E-state index contributed by atoms with van der Waals surface area (Å²) in [6, 6.07) is 5.36. The Bertz CT molecular complexity index is 571. The fraction of sp³-hybridized carbons (Fsp3) is 0.333. The molecule has 0 fully saturated rings. The van der Waals surface area contributed by atoms with E-state index < -0.39 is 5.66 Å². The predicted molar refractivity (Wildman–Crippen MR) is 85.1 cm³/mol. The van der Waals surface area contributed by atoms with Crippen LogP contribution in [0.5, 0.6) is 5.75 Å². The molecule has 20 heavy (non-hydrogen) atoms. The van der Waals surface area contributed by atoms with Crippen molar-refractivity contribution in [2.75, 3.05) is 12.0 Å². The van der Waals surface area contributed by atoms with Crippen molar-refractivity contribution in [1.29, 1.82) is 0 Å². The highest BCUT2D eigenvalue weighted by atomic mass is 35.5. The molecule has 1 aliphatic rings. The van der Waals surface area contributed by atoms with Crippen molar-refractivity contribution >= 4 is 41.6 Å². The van der Waals surface area contributed by atoms with Gasteiger partial charge in [-0.05, 0) is 32.0 Å². The van der Waals surface area contributed by atoms with Crippen molar-refractivity contribution < 1.29 is 4.74 Å². The summed E-state index contributed by atoms with van der Waals surface area (Å²) >= 11 is 6.13. The van der Waals surface area contributed by atoms with Gasteiger partial charge in [-0.2, -0.15) is 4.99 Å². The SMILES string of the molecule is COc1ccc(N2C(N)=NC(N)=NC2(C)C)cc1Cl.Cl. The Labute approximate surface area is 128 Å². The summed E-state index contributed by atoms with van der Waals surface area (Å²) in [5.41, 5.74) is 11.7. The van der Waals surface area contributed by atoms with Crippen LogP contribution in [0.3, 0.4) is 0 Å². The number of benzene rings is 1. The first kappa shape index (κ1) is 16.4. The summed E-state index contributed by atoms with van der Waals surface area (Å²) in [5.74, 6) is 1.04. The van der Waals surface area contributed by atoms with E-state index in [1.807, 2.05) is 19.9 Å². The topological polar surface area (TPSA) is 89.2 Å². The van der Waals surface area contributed by atoms with Gasteiger partial charge in [-0.3, -0.25) is 4.90 Å². The maximum atomic E-state index is 6.13. The van der Waals surface area contributed by atoms with E-state index in [0.29, 0.717) is 10.8 Å². The summed E-state index contributed by atoms with van der Waals surface area (Å²) in [6.07, 6.45) is 0. The summed E-state index contributed by atoms with van der Waals surface area (Å²) in [6.45, 7) is 3.78. The second-order valence-corrected chi connectivity index (χ2v) is 5.00. The van der Waals surface area contributed by atoms with Gasteiger partial charge in [0.2, 0.25) is 11.9 Å². The molecule has 0 bridgehead atoms. The van der Waals surface area contributed by atoms with Crippen molar-refractivity contribution in [3.05, 3.63) is 23.2 Å². The third kappa shape index (κ3) is 2.91. The van der Waals surface area contributed by atoms with Gasteiger partial charge in [0.05, 0.1) is 12.1 Å². The molecule has 8 heteroatoms. The first-order valence-electron chi connectivity index (χ1n) is 5.68. The van der Waals surface area contributed by atoms with Crippen molar-refractivity contribution in [2.24, 2.45) is 21.5 Å². The lowest BCUT2D eigenvalue weighted by Crippen LogP contribution is -2.54. The zero-order valence-electron chi connectivity index (χ0n) is 11.4. The van der Waals surface area contributed by atoms with Crippen molar-refractivity contribution in [2.45, 2.75) is 19.5 Å². The third-order valence-electron chi connectivity index (χ3n) is 2.79. The molecule has 0 aliphatic carbocycles. The maximum absolute atomic E-state index is 6.13. The van der Waals surface area contributed by atoms with Crippen LogP contribution < -0.4 is 21.1 Å². The number of nitrogens with two attached hydrogens (primary N) is 2. The standard InChI is InChI=1S/C12H16ClN5O.ClH/c1-12(2)17-10(14)16-11(15)18(12)7-4-5-9(19-3)8(13)6-7;/h4-6H,1-3H3,(H4,14,15,16,17);1H. The van der Waals surface area contributed by atoms with Gasteiger partial charge in [-0.15, -0.1) is 12.4 Å². The fourth-order valence-electron chi connectivity index (χ4n) is 2.05. The number of rotatable bonds is 2. The van der Waals surface area contributed by atoms with Gasteiger partial charge < -0.3 is 16.2 Å². The highest BCUT2D eigenvalue weighted by Crippen LogP contribution is 2.33. The molecule has 6 nitrogen and oxygen atoms in total. The van der Waals surface area contributed by atoms with E-state index in [9.17, 15) is 0 Å². The summed E-state index contributed by atoms with van der Waals surface area (Å²) in [7, 11) is 1.56. The van der Waals surface area contributed by atoms with Crippen LogP contribution >= 0.6 is 24.0 Å². The van der Waals surface area contributed by atoms with Crippen LogP contribution in [0.25, 0.3) is 0 Å². The maximum Gasteiger partial charge on any atom is 0.220 e. The molecule has 2 rings (SSSR count). The zero-order chi connectivity index (χ0) is 14.2. The van der Waals surface area contributed by atoms with E-state index in [-0.39, 0.29) is 24.3 Å². The van der Waals surface area contributed by atoms with Crippen molar-refractivity contribution in [3.8, 4) is 5.75 Å². The molecule has 4 N–H and O–H groups in total. The monoisotopic (exact) mass is 317 g/mol. The molecule has 1 aliphatic heterocycles. The van der Waals surface area contributed by atoms with E-state index >= 15 is 0 Å². The number of guanidine groups is 2. The number of hydrogen-bond donors (Lipinski definition) is 2. The number of hydrogen-bond acceptors (Lipinski definition) is 6. The molecule has 0 spiro atoms. The number of methoxy groups -OCH3 is 1. The number of anilines is 1. The van der Waals surface area contributed by atoms with Crippen LogP contribution in [0.4, 0.5) is 5.69 Å². The Hall–Kier alpha value is -1.66. The van der Waals surface area contributed by atoms with Crippen LogP contribution in [-0.4, -0.2) is 24.7 Å². The van der Waals surface area contributed by atoms with Gasteiger partial charge in [0.25, 0.3) is 0 Å². The zero-order valence-corrected chi connectivity index (χ0v) is 13.0. The first-order valence-corrected chi connectivity index (χ1v) is 6.06. The van der Waals surface area contributed by atoms with Crippen LogP contribution in [0.15, 0.2) is 28.2 Å². The molecular weight excluding hydrogens is 301 g/mol. The fourth-order valence-corrected chi connectivity index (χ4v) is 2.30. The molecule has 0 unspecified atom stereocenters. The number of ether oxygens (including phenoxy) is 1. The molecule has 110 valence electrons. The lowest BCUT2D eigenvalue weighted by Gasteiger charge is -2.38. The van der Waals surface area contributed by atoms with Gasteiger partial charge in [-0.25, -0.2) is 4.99 Å². The Morgan fingerprint density at radius 3 is 2.45 bits per heavy atom. The van der Waals surface area contributed by atoms with Gasteiger partial charge in [0.1, 0.15) is 11.4 Å². The van der Waals surface area contributed by atoms with Crippen LogP contribution in [0, 0.1) is 0 Å². The third-order valence-corrected chi connectivity index (χ3v) is 3.08. The predicted octanol–water partition coefficient (Wildman–Crippen LogP) is 1.96. The Kier molecular flexibility index (Phi) is 4.73. The number of halogens is 2. The Balaban J connectivity index is 0.00000200. The molecule has 0 saturated heterocycles. The minimum atomic E-state index is -0.631. The van der Waals surface area contributed by atoms with Gasteiger partial charge in [0.15, 0.2) is 0 Å². The molecular formula is C12H17Cl2N5O. The van der Waals surface area contributed by atoms with Crippen molar-refractivity contribution in [3.63, 3.8) is 0 Å². The van der Waals surface area contributed by atoms with E-state index in [2.05, 4.69) is 9.98 Å². The van der Waals surface area contributed by atoms with Crippen LogP contribution in [0.1, 0.15) is 13.8 Å². The van der Waals surface area contributed by atoms with Gasteiger partial charge >= 0.3 is 0 Å². The van der Waals surface area contributed by atoms with Crippen LogP contribution in [-0.2, 0) is 0 Å². The summed E-state index contributed by atoms with van der Waals surface area (Å²) < 4.78 is 5.12. The van der Waals surface area contributed by atoms with E-state index in [4.69, 9.17) is 27.8 Å². The quantitative estimate of drug-likeness (QED) is 0.872. The summed E-state index contributed by atoms with van der Waals surface area (Å²) in [5, 5.41) is 0.492. The normalized spacial score (nSPS) is 16.9. The van der Waals surface area contributed by atoms with E-state index in [0.717, 1.165) is 5.69 Å². The highest BCUT2D eigenvalue weighted by Gasteiger charge is 2.33. The minimum absolute atomic E-state index is 0. The van der Waals surface area contributed by atoms with E-state index in [1.54, 1.807) is 24.1 Å². The van der Waals surface area contributed by atoms with Gasteiger partial charge in [-0.1, -0.05) is 11.6 Å². The molecule has 0 atom stereocenters. The molecule has 1 heterocycles. The average molecular weight is 318 g/mol. The first-order chi connectivity index (χ1) is 8.85. The molecule has 0 aromatic heterocycles. The largest absolute Gasteiger partial charge is 0.495 e. The Morgan fingerprint density at radius 2 is 1.95 bits per heavy atom. The molecule has 0 radical (unpaired) electrons. The lowest BCUT2D eigenvalue weighted by atomic mass is 10.1. The van der Waals surface area contributed by atoms with Crippen LogP contribution in [0.2, 0.25) is 5.02 Å². The highest BCUT2D eigenvalue weighted by molar-refractivity contribution is 6.32. The summed E-state index contributed by atoms with van der Waals surface area (Å²) in [4.78, 5) is 10.0.